The average Bonchev–Trinajstić information content (AvgIpc) is 4.09. The number of nitrogens with zero attached hydrogens (tertiary/aromatic N) is 2. The van der Waals surface area contributed by atoms with Crippen molar-refractivity contribution in [3.05, 3.63) is 101 Å². The number of benzene rings is 3. The Bertz CT molecular complexity index is 2310. The first-order valence-electron chi connectivity index (χ1n) is 24.7. The van der Waals surface area contributed by atoms with Crippen molar-refractivity contribution in [1.82, 2.24) is 21.3 Å². The molecule has 0 radical (unpaired) electrons. The number of carbonyl (C=O) groups is 7. The topological polar surface area (TPSA) is 220 Å². The summed E-state index contributed by atoms with van der Waals surface area (Å²) in [5.41, 5.74) is 2.01. The molecule has 0 bridgehead atoms. The molecular formula is C54H73N6O11+. The Morgan fingerprint density at radius 2 is 1.32 bits per heavy atom. The molecule has 0 saturated carbocycles. The van der Waals surface area contributed by atoms with E-state index in [1.54, 1.807) is 32.0 Å². The summed E-state index contributed by atoms with van der Waals surface area (Å²) in [6.45, 7) is 14.7. The normalized spacial score (nSPS) is 17.9. The van der Waals surface area contributed by atoms with Crippen molar-refractivity contribution >= 4 is 47.4 Å². The molecule has 5 rings (SSSR count). The van der Waals surface area contributed by atoms with Gasteiger partial charge in [0.15, 0.2) is 24.7 Å². The van der Waals surface area contributed by atoms with Crippen molar-refractivity contribution in [3.8, 4) is 5.75 Å². The van der Waals surface area contributed by atoms with Crippen LogP contribution in [0.2, 0.25) is 0 Å². The lowest BCUT2D eigenvalue weighted by Crippen LogP contribution is -2.61. The summed E-state index contributed by atoms with van der Waals surface area (Å²) >= 11 is 0. The number of carbonyl (C=O) groups excluding carboxylic acids is 7. The van der Waals surface area contributed by atoms with E-state index >= 15 is 0 Å². The molecule has 0 aliphatic carbocycles. The van der Waals surface area contributed by atoms with E-state index in [1.807, 2.05) is 88.4 Å². The van der Waals surface area contributed by atoms with E-state index in [0.29, 0.717) is 57.7 Å². The molecule has 0 aromatic heterocycles. The number of quaternary nitrogens is 1. The van der Waals surface area contributed by atoms with Gasteiger partial charge in [0.2, 0.25) is 17.7 Å². The number of amides is 4. The zero-order valence-electron chi connectivity index (χ0n) is 42.3. The van der Waals surface area contributed by atoms with Gasteiger partial charge in [0.25, 0.3) is 5.91 Å². The largest absolute Gasteiger partial charge is 0.426 e. The molecular weight excluding hydrogens is 909 g/mol. The fraction of sp³-hybridized carbons (Fsp3) is 0.519. The van der Waals surface area contributed by atoms with Gasteiger partial charge in [-0.15, -0.1) is 0 Å². The van der Waals surface area contributed by atoms with Crippen molar-refractivity contribution < 1.29 is 57.1 Å². The lowest BCUT2D eigenvalue weighted by atomic mass is 9.93. The second kappa shape index (κ2) is 26.8. The Hall–Kier alpha value is -6.30. The van der Waals surface area contributed by atoms with Crippen LogP contribution in [0.3, 0.4) is 0 Å². The summed E-state index contributed by atoms with van der Waals surface area (Å²) in [4.78, 5) is 100. The third kappa shape index (κ3) is 18.1. The summed E-state index contributed by atoms with van der Waals surface area (Å²) in [5, 5.41) is 15.8. The van der Waals surface area contributed by atoms with Crippen LogP contribution in [0.15, 0.2) is 84.0 Å². The summed E-state index contributed by atoms with van der Waals surface area (Å²) in [6.07, 6.45) is 3.08. The second-order valence-corrected chi connectivity index (χ2v) is 19.7. The van der Waals surface area contributed by atoms with E-state index in [-0.39, 0.29) is 78.6 Å². The highest BCUT2D eigenvalue weighted by Crippen LogP contribution is 2.30. The van der Waals surface area contributed by atoms with E-state index in [4.69, 9.17) is 19.0 Å². The number of ketones is 2. The zero-order valence-corrected chi connectivity index (χ0v) is 42.3. The first-order chi connectivity index (χ1) is 33.9. The monoisotopic (exact) mass is 982 g/mol. The molecule has 4 N–H and O–H groups in total. The molecule has 2 heterocycles. The van der Waals surface area contributed by atoms with Crippen molar-refractivity contribution in [3.63, 3.8) is 0 Å². The Balaban J connectivity index is 1.37. The number of oxime groups is 1. The molecule has 71 heavy (non-hydrogen) atoms. The van der Waals surface area contributed by atoms with Gasteiger partial charge in [-0.25, -0.2) is 0 Å². The zero-order chi connectivity index (χ0) is 51.6. The van der Waals surface area contributed by atoms with Gasteiger partial charge in [-0.3, -0.25) is 33.6 Å². The van der Waals surface area contributed by atoms with Crippen LogP contribution in [-0.4, -0.2) is 128 Å². The number of hydrogen-bond acceptors (Lipinski definition) is 12. The van der Waals surface area contributed by atoms with Crippen LogP contribution in [0, 0.1) is 11.8 Å². The SMILES string of the molecule is CCC(=O)CO/N=C/c1cc(C[N+]2(CC(=O)N[C@@H](CCc3ccccc3)C(=O)N[C@@H](CC(C)C)C(=O)N[C@@H](Cc3ccccc3)C(=O)N[C@@H](CC(C)C)C(=O)[C@@]3(C)CO3)CCOCC2)ccc1OC(C)=O. The second-order valence-electron chi connectivity index (χ2n) is 19.7. The maximum atomic E-state index is 14.6. The van der Waals surface area contributed by atoms with Gasteiger partial charge >= 0.3 is 5.97 Å². The Morgan fingerprint density at radius 1 is 0.746 bits per heavy atom. The molecule has 2 aliphatic rings. The van der Waals surface area contributed by atoms with E-state index in [9.17, 15) is 33.6 Å². The van der Waals surface area contributed by atoms with Crippen LogP contribution in [0.4, 0.5) is 0 Å². The minimum atomic E-state index is -1.10. The molecule has 2 aliphatic heterocycles. The Morgan fingerprint density at radius 3 is 1.93 bits per heavy atom. The van der Waals surface area contributed by atoms with Crippen molar-refractivity contribution in [1.29, 1.82) is 0 Å². The highest BCUT2D eigenvalue weighted by Gasteiger charge is 2.50. The first-order valence-corrected chi connectivity index (χ1v) is 24.7. The van der Waals surface area contributed by atoms with E-state index in [2.05, 4.69) is 26.4 Å². The third-order valence-corrected chi connectivity index (χ3v) is 12.5. The first kappa shape index (κ1) is 55.6. The average molecular weight is 982 g/mol. The number of epoxide rings is 1. The predicted molar refractivity (Wildman–Crippen MR) is 267 cm³/mol. The number of hydrogen-bond donors (Lipinski definition) is 4. The number of aryl methyl sites for hydroxylation is 1. The number of nitrogens with one attached hydrogen (secondary N) is 4. The van der Waals surface area contributed by atoms with Crippen LogP contribution < -0.4 is 26.0 Å². The van der Waals surface area contributed by atoms with E-state index in [0.717, 1.165) is 16.7 Å². The highest BCUT2D eigenvalue weighted by molar-refractivity contribution is 5.99. The quantitative estimate of drug-likeness (QED) is 0.0198. The molecule has 4 amide bonds. The van der Waals surface area contributed by atoms with Crippen LogP contribution in [-0.2, 0) is 67.3 Å². The predicted octanol–water partition coefficient (Wildman–Crippen LogP) is 4.55. The molecule has 3 aromatic carbocycles. The molecule has 17 nitrogen and oxygen atoms in total. The molecule has 5 atom stereocenters. The lowest BCUT2D eigenvalue weighted by molar-refractivity contribution is -0.940. The summed E-state index contributed by atoms with van der Waals surface area (Å²) in [5.74, 6) is -2.67. The van der Waals surface area contributed by atoms with Gasteiger partial charge in [-0.2, -0.15) is 0 Å². The standard InChI is InChI=1S/C54H72N6O11/c1-8-43(62)34-70-55-31-42-29-41(20-22-48(42)71-38(6)61)32-60(23-25-68-26-24-60)33-49(63)56-44(21-19-39-15-11-9-12-16-39)51(65)58-46(28-37(4)5)52(66)59-47(30-40-17-13-10-14-18-40)53(67)57-45(27-36(2)3)50(64)54(7)35-69-54/h9-18,20,22,29,31,36-37,44-47H,8,19,21,23-28,30,32-35H2,1-7H3,(H3-,56,57,58,59,63,65,66,67)/p+1/b55-31+/t44-,45-,46-,47-,54+/m0/s1. The Labute approximate surface area is 417 Å². The van der Waals surface area contributed by atoms with Gasteiger partial charge in [-0.05, 0) is 73.8 Å². The highest BCUT2D eigenvalue weighted by atomic mass is 16.6. The van der Waals surface area contributed by atoms with Crippen LogP contribution >= 0.6 is 0 Å². The summed E-state index contributed by atoms with van der Waals surface area (Å²) in [6, 6.07) is 20.0. The van der Waals surface area contributed by atoms with Crippen molar-refractivity contribution in [2.75, 3.05) is 46.1 Å². The van der Waals surface area contributed by atoms with Gasteiger partial charge in [-0.1, -0.05) is 100 Å². The van der Waals surface area contributed by atoms with E-state index in [1.165, 1.54) is 13.1 Å². The number of esters is 1. The number of morpholine rings is 1. The summed E-state index contributed by atoms with van der Waals surface area (Å²) < 4.78 is 16.9. The minimum absolute atomic E-state index is 0.00634. The van der Waals surface area contributed by atoms with Crippen LogP contribution in [0.5, 0.6) is 5.75 Å². The van der Waals surface area contributed by atoms with Crippen LogP contribution in [0.1, 0.15) is 96.4 Å². The smallest absolute Gasteiger partial charge is 0.308 e. The Kier molecular flexibility index (Phi) is 21.0. The molecule has 17 heteroatoms. The fourth-order valence-corrected chi connectivity index (χ4v) is 8.51. The molecule has 3 aromatic rings. The minimum Gasteiger partial charge on any atom is -0.426 e. The fourth-order valence-electron chi connectivity index (χ4n) is 8.51. The molecule has 2 saturated heterocycles. The third-order valence-electron chi connectivity index (χ3n) is 12.5. The van der Waals surface area contributed by atoms with Gasteiger partial charge in [0, 0.05) is 30.9 Å². The molecule has 2 fully saturated rings. The lowest BCUT2D eigenvalue weighted by Gasteiger charge is -2.41. The maximum absolute atomic E-state index is 14.6. The number of ether oxygens (including phenoxy) is 3. The molecule has 0 spiro atoms. The van der Waals surface area contributed by atoms with Gasteiger partial charge in [0.1, 0.15) is 49.1 Å². The van der Waals surface area contributed by atoms with Gasteiger partial charge < -0.3 is 44.8 Å². The summed E-state index contributed by atoms with van der Waals surface area (Å²) in [7, 11) is 0. The number of rotatable bonds is 28. The number of Topliss-reactive ketones (excluding diaryl/α,β-unsaturated/α-hetero) is 2. The van der Waals surface area contributed by atoms with E-state index < -0.39 is 53.5 Å². The molecule has 384 valence electrons. The molecule has 0 unspecified atom stereocenters. The van der Waals surface area contributed by atoms with Crippen molar-refractivity contribution in [2.24, 2.45) is 17.0 Å². The van der Waals surface area contributed by atoms with Gasteiger partial charge in [0.05, 0.1) is 32.1 Å². The van der Waals surface area contributed by atoms with Crippen molar-refractivity contribution in [2.45, 2.75) is 123 Å². The maximum Gasteiger partial charge on any atom is 0.308 e. The van der Waals surface area contributed by atoms with Crippen LogP contribution in [0.25, 0.3) is 0 Å².